The standard InChI is InChI=1S/C6H6INO2/c1-4(9)5-2-3-6(8-7)10-5/h2-3,8H,1H3. The zero-order valence-electron chi connectivity index (χ0n) is 5.35. The maximum atomic E-state index is 10.7. The van der Waals surface area contributed by atoms with Gasteiger partial charge in [0, 0.05) is 13.0 Å². The fraction of sp³-hybridized carbons (Fsp3) is 0.167. The minimum Gasteiger partial charge on any atom is -0.437 e. The number of rotatable bonds is 2. The third-order valence-electron chi connectivity index (χ3n) is 1.05. The fourth-order valence-corrected chi connectivity index (χ4v) is 0.868. The number of furan rings is 1. The Labute approximate surface area is 72.3 Å². The molecule has 1 aromatic heterocycles. The zero-order valence-corrected chi connectivity index (χ0v) is 7.51. The lowest BCUT2D eigenvalue weighted by atomic mass is 10.3. The van der Waals surface area contributed by atoms with Crippen molar-refractivity contribution in [1.29, 1.82) is 0 Å². The Kier molecular flexibility index (Phi) is 2.31. The summed E-state index contributed by atoms with van der Waals surface area (Å²) in [5.74, 6) is 0.933. The van der Waals surface area contributed by atoms with Gasteiger partial charge in [-0.15, -0.1) is 0 Å². The number of hydrogen-bond donors (Lipinski definition) is 1. The second-order valence-electron chi connectivity index (χ2n) is 1.81. The summed E-state index contributed by atoms with van der Waals surface area (Å²) in [6, 6.07) is 3.35. The average molecular weight is 251 g/mol. The molecule has 1 rings (SSSR count). The van der Waals surface area contributed by atoms with Crippen molar-refractivity contribution < 1.29 is 9.21 Å². The van der Waals surface area contributed by atoms with Crippen molar-refractivity contribution in [3.63, 3.8) is 0 Å². The van der Waals surface area contributed by atoms with Crippen LogP contribution < -0.4 is 3.53 Å². The normalized spacial score (nSPS) is 9.40. The van der Waals surface area contributed by atoms with E-state index in [-0.39, 0.29) is 5.78 Å². The van der Waals surface area contributed by atoms with E-state index in [4.69, 9.17) is 4.42 Å². The molecule has 3 nitrogen and oxygen atoms in total. The van der Waals surface area contributed by atoms with Crippen LogP contribution in [-0.2, 0) is 0 Å². The topological polar surface area (TPSA) is 42.2 Å². The molecule has 0 aliphatic carbocycles. The van der Waals surface area contributed by atoms with Gasteiger partial charge in [-0.05, 0) is 6.07 Å². The number of ketones is 1. The lowest BCUT2D eigenvalue weighted by molar-refractivity contribution is 0.0988. The van der Waals surface area contributed by atoms with Crippen LogP contribution in [0.1, 0.15) is 17.5 Å². The molecule has 0 aliphatic rings. The van der Waals surface area contributed by atoms with Gasteiger partial charge in [0.15, 0.2) is 11.5 Å². The summed E-state index contributed by atoms with van der Waals surface area (Å²) in [5, 5.41) is 0. The van der Waals surface area contributed by atoms with Gasteiger partial charge in [-0.2, -0.15) is 0 Å². The molecule has 0 aromatic carbocycles. The molecule has 0 bridgehead atoms. The smallest absolute Gasteiger partial charge is 0.202 e. The summed E-state index contributed by atoms with van der Waals surface area (Å²) in [5.41, 5.74) is 0. The summed E-state index contributed by atoms with van der Waals surface area (Å²) >= 11 is 1.94. The molecule has 10 heavy (non-hydrogen) atoms. The first-order chi connectivity index (χ1) is 4.74. The maximum Gasteiger partial charge on any atom is 0.202 e. The second kappa shape index (κ2) is 3.05. The van der Waals surface area contributed by atoms with E-state index in [1.807, 2.05) is 22.9 Å². The van der Waals surface area contributed by atoms with Crippen molar-refractivity contribution in [3.8, 4) is 0 Å². The predicted octanol–water partition coefficient (Wildman–Crippen LogP) is 2.24. The third kappa shape index (κ3) is 1.50. The van der Waals surface area contributed by atoms with Crippen LogP contribution in [0.15, 0.2) is 16.5 Å². The van der Waals surface area contributed by atoms with E-state index in [0.717, 1.165) is 0 Å². The highest BCUT2D eigenvalue weighted by Gasteiger charge is 2.03. The lowest BCUT2D eigenvalue weighted by Crippen LogP contribution is -1.86. The zero-order chi connectivity index (χ0) is 7.56. The Bertz CT molecular complexity index is 244. The molecule has 0 saturated carbocycles. The Morgan fingerprint density at radius 1 is 1.70 bits per heavy atom. The SMILES string of the molecule is CC(=O)c1ccc(NI)o1. The van der Waals surface area contributed by atoms with Crippen LogP contribution in [-0.4, -0.2) is 5.78 Å². The number of anilines is 1. The van der Waals surface area contributed by atoms with Crippen LogP contribution in [0, 0.1) is 0 Å². The van der Waals surface area contributed by atoms with Crippen LogP contribution >= 0.6 is 22.9 Å². The van der Waals surface area contributed by atoms with Crippen molar-refractivity contribution in [2.24, 2.45) is 0 Å². The third-order valence-corrected chi connectivity index (χ3v) is 1.58. The highest BCUT2D eigenvalue weighted by molar-refractivity contribution is 14.1. The number of halogens is 1. The molecule has 0 fully saturated rings. The summed E-state index contributed by atoms with van der Waals surface area (Å²) in [6.45, 7) is 1.47. The van der Waals surface area contributed by atoms with Gasteiger partial charge >= 0.3 is 0 Å². The number of hydrogen-bond acceptors (Lipinski definition) is 3. The van der Waals surface area contributed by atoms with Gasteiger partial charge in [-0.25, -0.2) is 0 Å². The van der Waals surface area contributed by atoms with Gasteiger partial charge in [0.05, 0.1) is 22.9 Å². The van der Waals surface area contributed by atoms with Crippen molar-refractivity contribution >= 4 is 34.5 Å². The summed E-state index contributed by atoms with van der Waals surface area (Å²) in [4.78, 5) is 10.7. The first-order valence-corrected chi connectivity index (χ1v) is 3.79. The molecular formula is C6H6INO2. The van der Waals surface area contributed by atoms with E-state index in [1.54, 1.807) is 12.1 Å². The largest absolute Gasteiger partial charge is 0.437 e. The van der Waals surface area contributed by atoms with E-state index >= 15 is 0 Å². The summed E-state index contributed by atoms with van der Waals surface area (Å²) in [7, 11) is 0. The van der Waals surface area contributed by atoms with Gasteiger partial charge in [-0.3, -0.25) is 8.32 Å². The molecule has 0 aliphatic heterocycles. The van der Waals surface area contributed by atoms with Crippen LogP contribution in [0.2, 0.25) is 0 Å². The lowest BCUT2D eigenvalue weighted by Gasteiger charge is -1.87. The molecule has 0 atom stereocenters. The minimum absolute atomic E-state index is 0.0575. The van der Waals surface area contributed by atoms with Crippen LogP contribution in [0.5, 0.6) is 0 Å². The van der Waals surface area contributed by atoms with Crippen molar-refractivity contribution in [3.05, 3.63) is 17.9 Å². The van der Waals surface area contributed by atoms with Crippen LogP contribution in [0.4, 0.5) is 5.88 Å². The first kappa shape index (κ1) is 7.59. The Hall–Kier alpha value is -0.520. The average Bonchev–Trinajstić information content (AvgIpc) is 2.34. The Balaban J connectivity index is 2.88. The second-order valence-corrected chi connectivity index (χ2v) is 2.35. The van der Waals surface area contributed by atoms with Gasteiger partial charge < -0.3 is 4.42 Å². The highest BCUT2D eigenvalue weighted by Crippen LogP contribution is 2.14. The van der Waals surface area contributed by atoms with Gasteiger partial charge in [0.25, 0.3) is 0 Å². The van der Waals surface area contributed by atoms with Crippen LogP contribution in [0.25, 0.3) is 0 Å². The summed E-state index contributed by atoms with van der Waals surface area (Å²) < 4.78 is 7.78. The fourth-order valence-electron chi connectivity index (χ4n) is 0.578. The van der Waals surface area contributed by atoms with Gasteiger partial charge in [0.2, 0.25) is 5.88 Å². The van der Waals surface area contributed by atoms with Crippen molar-refractivity contribution in [1.82, 2.24) is 0 Å². The molecule has 0 spiro atoms. The van der Waals surface area contributed by atoms with E-state index < -0.39 is 0 Å². The molecule has 54 valence electrons. The van der Waals surface area contributed by atoms with Crippen molar-refractivity contribution in [2.75, 3.05) is 3.53 Å². The Morgan fingerprint density at radius 2 is 2.40 bits per heavy atom. The van der Waals surface area contributed by atoms with Gasteiger partial charge in [-0.1, -0.05) is 0 Å². The van der Waals surface area contributed by atoms with E-state index in [0.29, 0.717) is 11.6 Å². The molecule has 1 N–H and O–H groups in total. The highest BCUT2D eigenvalue weighted by atomic mass is 127. The van der Waals surface area contributed by atoms with E-state index in [1.165, 1.54) is 6.92 Å². The summed E-state index contributed by atoms with van der Waals surface area (Å²) in [6.07, 6.45) is 0. The molecule has 0 saturated heterocycles. The molecule has 1 aromatic rings. The monoisotopic (exact) mass is 251 g/mol. The predicted molar refractivity (Wildman–Crippen MR) is 46.4 cm³/mol. The van der Waals surface area contributed by atoms with Gasteiger partial charge in [0.1, 0.15) is 0 Å². The number of carbonyl (C=O) groups excluding carboxylic acids is 1. The first-order valence-electron chi connectivity index (χ1n) is 2.71. The molecule has 1 heterocycles. The van der Waals surface area contributed by atoms with Crippen LogP contribution in [0.3, 0.4) is 0 Å². The molecule has 0 amide bonds. The Morgan fingerprint density at radius 3 is 2.70 bits per heavy atom. The van der Waals surface area contributed by atoms with E-state index in [9.17, 15) is 4.79 Å². The van der Waals surface area contributed by atoms with Crippen molar-refractivity contribution in [2.45, 2.75) is 6.92 Å². The maximum absolute atomic E-state index is 10.7. The number of carbonyl (C=O) groups is 1. The number of Topliss-reactive ketones (excluding diaryl/α,β-unsaturated/α-hetero) is 1. The molecule has 0 radical (unpaired) electrons. The minimum atomic E-state index is -0.0575. The molecule has 0 unspecified atom stereocenters. The molecule has 4 heteroatoms. The molecular weight excluding hydrogens is 245 g/mol. The quantitative estimate of drug-likeness (QED) is 0.498. The number of nitrogens with one attached hydrogen (secondary N) is 1. The van der Waals surface area contributed by atoms with E-state index in [2.05, 4.69) is 3.53 Å².